The van der Waals surface area contributed by atoms with Crippen molar-refractivity contribution >= 4 is 0 Å². The first-order valence-corrected chi connectivity index (χ1v) is 5.66. The summed E-state index contributed by atoms with van der Waals surface area (Å²) in [5.74, 6) is 0. The molecule has 4 atom stereocenters. The van der Waals surface area contributed by atoms with E-state index in [1.807, 2.05) is 25.7 Å². The Hall–Kier alpha value is -0.160. The Balaban J connectivity index is 4.69. The Morgan fingerprint density at radius 2 is 1.60 bits per heavy atom. The summed E-state index contributed by atoms with van der Waals surface area (Å²) in [6, 6.07) is -0.118. The molecule has 0 spiro atoms. The quantitative estimate of drug-likeness (QED) is 0.573. The number of rotatable bonds is 7. The second kappa shape index (κ2) is 7.17. The van der Waals surface area contributed by atoms with Crippen molar-refractivity contribution in [2.24, 2.45) is 0 Å². The summed E-state index contributed by atoms with van der Waals surface area (Å²) >= 11 is 0. The largest absolute Gasteiger partial charge is 0.395 e. The van der Waals surface area contributed by atoms with Gasteiger partial charge in [-0.3, -0.25) is 4.90 Å². The average Bonchev–Trinajstić information content (AvgIpc) is 2.23. The van der Waals surface area contributed by atoms with Crippen molar-refractivity contribution in [2.75, 3.05) is 13.2 Å². The highest BCUT2D eigenvalue weighted by atomic mass is 16.3. The Bertz CT molecular complexity index is 158. The summed E-state index contributed by atoms with van der Waals surface area (Å²) in [7, 11) is 0. The minimum absolute atomic E-state index is 0.00301. The minimum atomic E-state index is -0.473. The molecule has 0 bridgehead atoms. The van der Waals surface area contributed by atoms with Crippen LogP contribution in [0, 0.1) is 0 Å². The van der Waals surface area contributed by atoms with Gasteiger partial charge in [-0.25, -0.2) is 0 Å². The van der Waals surface area contributed by atoms with E-state index in [9.17, 15) is 15.3 Å². The smallest absolute Gasteiger partial charge is 0.0664 e. The van der Waals surface area contributed by atoms with E-state index in [1.165, 1.54) is 0 Å². The monoisotopic (exact) mass is 219 g/mol. The first kappa shape index (κ1) is 14.8. The number of aliphatic hydroxyl groups excluding tert-OH is 3. The second-order valence-corrected chi connectivity index (χ2v) is 4.20. The Morgan fingerprint density at radius 1 is 1.07 bits per heavy atom. The average molecular weight is 219 g/mol. The second-order valence-electron chi connectivity index (χ2n) is 4.20. The molecule has 4 nitrogen and oxygen atoms in total. The van der Waals surface area contributed by atoms with Gasteiger partial charge in [0.15, 0.2) is 0 Å². The predicted molar refractivity (Wildman–Crippen MR) is 60.7 cm³/mol. The molecule has 0 fully saturated rings. The molecule has 0 aromatic heterocycles. The maximum atomic E-state index is 9.57. The summed E-state index contributed by atoms with van der Waals surface area (Å²) in [5.41, 5.74) is 0. The lowest BCUT2D eigenvalue weighted by atomic mass is 10.0. The van der Waals surface area contributed by atoms with E-state index in [0.29, 0.717) is 0 Å². The van der Waals surface area contributed by atoms with E-state index in [2.05, 4.69) is 0 Å². The molecule has 92 valence electrons. The minimum Gasteiger partial charge on any atom is -0.395 e. The molecule has 0 aliphatic rings. The fraction of sp³-hybridized carbons (Fsp3) is 1.00. The highest BCUT2D eigenvalue weighted by molar-refractivity contribution is 4.82. The van der Waals surface area contributed by atoms with E-state index in [0.717, 1.165) is 6.42 Å². The first-order valence-electron chi connectivity index (χ1n) is 5.66. The zero-order valence-corrected chi connectivity index (χ0v) is 10.2. The van der Waals surface area contributed by atoms with Gasteiger partial charge in [-0.2, -0.15) is 0 Å². The molecule has 0 aromatic rings. The Kier molecular flexibility index (Phi) is 7.09. The van der Waals surface area contributed by atoms with Gasteiger partial charge in [0.1, 0.15) is 0 Å². The van der Waals surface area contributed by atoms with E-state index < -0.39 is 6.10 Å². The van der Waals surface area contributed by atoms with Crippen LogP contribution >= 0.6 is 0 Å². The molecular formula is C11H25NO3. The molecule has 0 rings (SSSR count). The molecule has 0 aliphatic heterocycles. The van der Waals surface area contributed by atoms with Crippen LogP contribution in [0.1, 0.15) is 34.1 Å². The van der Waals surface area contributed by atoms with Crippen LogP contribution < -0.4 is 0 Å². The van der Waals surface area contributed by atoms with Crippen LogP contribution in [0.5, 0.6) is 0 Å². The first-order chi connectivity index (χ1) is 6.99. The number of nitrogens with zero attached hydrogens (tertiary/aromatic N) is 1. The molecule has 3 N–H and O–H groups in total. The summed E-state index contributed by atoms with van der Waals surface area (Å²) in [5, 5.41) is 28.0. The van der Waals surface area contributed by atoms with Crippen molar-refractivity contribution in [1.82, 2.24) is 4.90 Å². The molecular weight excluding hydrogens is 194 g/mol. The van der Waals surface area contributed by atoms with E-state index in [-0.39, 0.29) is 31.3 Å². The molecule has 15 heavy (non-hydrogen) atoms. The predicted octanol–water partition coefficient (Wildman–Crippen LogP) is 0.209. The van der Waals surface area contributed by atoms with Crippen LogP contribution in [0.4, 0.5) is 0 Å². The summed E-state index contributed by atoms with van der Waals surface area (Å²) < 4.78 is 0. The van der Waals surface area contributed by atoms with Crippen LogP contribution in [0.2, 0.25) is 0 Å². The van der Waals surface area contributed by atoms with Crippen molar-refractivity contribution in [1.29, 1.82) is 0 Å². The maximum absolute atomic E-state index is 9.57. The van der Waals surface area contributed by atoms with Crippen molar-refractivity contribution < 1.29 is 15.3 Å². The highest BCUT2D eigenvalue weighted by Gasteiger charge is 2.28. The third-order valence-corrected chi connectivity index (χ3v) is 3.05. The third-order valence-electron chi connectivity index (χ3n) is 3.05. The maximum Gasteiger partial charge on any atom is 0.0664 e. The van der Waals surface area contributed by atoms with Gasteiger partial charge in [-0.1, -0.05) is 6.92 Å². The van der Waals surface area contributed by atoms with Crippen molar-refractivity contribution in [3.8, 4) is 0 Å². The lowest BCUT2D eigenvalue weighted by Crippen LogP contribution is -2.53. The van der Waals surface area contributed by atoms with Gasteiger partial charge in [0, 0.05) is 18.1 Å². The topological polar surface area (TPSA) is 63.9 Å². The van der Waals surface area contributed by atoms with Crippen molar-refractivity contribution in [2.45, 2.75) is 58.3 Å². The SMILES string of the molecule is CCC(CO)N(C(C)CO)C(C)C(C)O. The van der Waals surface area contributed by atoms with Crippen LogP contribution in [0.3, 0.4) is 0 Å². The fourth-order valence-corrected chi connectivity index (χ4v) is 1.87. The third kappa shape index (κ3) is 4.07. The molecule has 0 heterocycles. The molecule has 0 saturated carbocycles. The number of hydrogen-bond acceptors (Lipinski definition) is 4. The lowest BCUT2D eigenvalue weighted by Gasteiger charge is -2.40. The van der Waals surface area contributed by atoms with Gasteiger partial charge in [-0.05, 0) is 27.2 Å². The summed E-state index contributed by atoms with van der Waals surface area (Å²) in [4.78, 5) is 1.99. The molecule has 0 amide bonds. The summed E-state index contributed by atoms with van der Waals surface area (Å²) in [6.07, 6.45) is 0.331. The van der Waals surface area contributed by atoms with E-state index in [1.54, 1.807) is 6.92 Å². The van der Waals surface area contributed by atoms with E-state index in [4.69, 9.17) is 0 Å². The highest BCUT2D eigenvalue weighted by Crippen LogP contribution is 2.16. The van der Waals surface area contributed by atoms with Gasteiger partial charge < -0.3 is 15.3 Å². The molecule has 0 radical (unpaired) electrons. The number of hydrogen-bond donors (Lipinski definition) is 3. The standard InChI is InChI=1S/C11H25NO3/c1-5-11(7-14)12(8(2)6-13)9(3)10(4)15/h8-11,13-15H,5-7H2,1-4H3. The van der Waals surface area contributed by atoms with Crippen molar-refractivity contribution in [3.63, 3.8) is 0 Å². The van der Waals surface area contributed by atoms with Crippen LogP contribution in [-0.4, -0.2) is 57.7 Å². The molecule has 0 aliphatic carbocycles. The van der Waals surface area contributed by atoms with Gasteiger partial charge in [0.25, 0.3) is 0 Å². The zero-order chi connectivity index (χ0) is 12.0. The Labute approximate surface area is 92.5 Å². The van der Waals surface area contributed by atoms with Crippen LogP contribution in [-0.2, 0) is 0 Å². The van der Waals surface area contributed by atoms with Crippen LogP contribution in [0.25, 0.3) is 0 Å². The van der Waals surface area contributed by atoms with Gasteiger partial charge in [-0.15, -0.1) is 0 Å². The molecule has 4 unspecified atom stereocenters. The number of aliphatic hydroxyl groups is 3. The fourth-order valence-electron chi connectivity index (χ4n) is 1.87. The normalized spacial score (nSPS) is 20.0. The van der Waals surface area contributed by atoms with Gasteiger partial charge in [0.2, 0.25) is 0 Å². The van der Waals surface area contributed by atoms with Crippen molar-refractivity contribution in [3.05, 3.63) is 0 Å². The molecule has 4 heteroatoms. The Morgan fingerprint density at radius 3 is 1.87 bits per heavy atom. The van der Waals surface area contributed by atoms with Gasteiger partial charge in [0.05, 0.1) is 19.3 Å². The zero-order valence-electron chi connectivity index (χ0n) is 10.2. The summed E-state index contributed by atoms with van der Waals surface area (Å²) in [6.45, 7) is 7.62. The van der Waals surface area contributed by atoms with E-state index >= 15 is 0 Å². The van der Waals surface area contributed by atoms with Crippen LogP contribution in [0.15, 0.2) is 0 Å². The van der Waals surface area contributed by atoms with Gasteiger partial charge >= 0.3 is 0 Å². The molecule has 0 saturated heterocycles. The molecule has 0 aromatic carbocycles. The lowest BCUT2D eigenvalue weighted by molar-refractivity contribution is -0.0171.